The molecule has 0 saturated carbocycles. The highest BCUT2D eigenvalue weighted by atomic mass is 32.2. The number of allylic oxidation sites excluding steroid dienone is 1. The van der Waals surface area contributed by atoms with Crippen molar-refractivity contribution in [2.24, 2.45) is 0 Å². The first-order valence-corrected chi connectivity index (χ1v) is 11.0. The van der Waals surface area contributed by atoms with Crippen LogP contribution < -0.4 is 5.32 Å². The number of carbonyl (C=O) groups excluding carboxylic acids is 1. The summed E-state index contributed by atoms with van der Waals surface area (Å²) in [5, 5.41) is 2.95. The average molecular weight is 377 g/mol. The van der Waals surface area contributed by atoms with Gasteiger partial charge >= 0.3 is 0 Å². The lowest BCUT2D eigenvalue weighted by molar-refractivity contribution is -0.124. The fourth-order valence-electron chi connectivity index (χ4n) is 3.73. The third-order valence-corrected chi connectivity index (χ3v) is 7.19. The van der Waals surface area contributed by atoms with Crippen LogP contribution in [0, 0.1) is 6.92 Å². The number of nitrogens with one attached hydrogen (secondary N) is 1. The van der Waals surface area contributed by atoms with Crippen LogP contribution in [0.4, 0.5) is 0 Å². The highest BCUT2D eigenvalue weighted by Gasteiger charge is 2.39. The summed E-state index contributed by atoms with van der Waals surface area (Å²) < 4.78 is 27.2. The normalized spacial score (nSPS) is 21.4. The fourth-order valence-corrected chi connectivity index (χ4v) is 5.39. The zero-order valence-electron chi connectivity index (χ0n) is 15.4. The fraction of sp³-hybridized carbons (Fsp3) is 0.550. The van der Waals surface area contributed by atoms with Gasteiger partial charge in [0.15, 0.2) is 0 Å². The number of nitrogens with zero attached hydrogens (tertiary/aromatic N) is 1. The van der Waals surface area contributed by atoms with Crippen LogP contribution in [-0.2, 0) is 14.8 Å². The lowest BCUT2D eigenvalue weighted by Gasteiger charge is -2.23. The van der Waals surface area contributed by atoms with Crippen molar-refractivity contribution in [1.29, 1.82) is 0 Å². The second-order valence-corrected chi connectivity index (χ2v) is 9.13. The van der Waals surface area contributed by atoms with Crippen LogP contribution in [0.15, 0.2) is 40.8 Å². The van der Waals surface area contributed by atoms with Gasteiger partial charge in [-0.15, -0.1) is 0 Å². The van der Waals surface area contributed by atoms with Crippen LogP contribution in [0.1, 0.15) is 50.5 Å². The van der Waals surface area contributed by atoms with E-state index in [4.69, 9.17) is 0 Å². The minimum absolute atomic E-state index is 0.172. The maximum atomic E-state index is 12.9. The third kappa shape index (κ3) is 4.35. The van der Waals surface area contributed by atoms with Gasteiger partial charge in [0.25, 0.3) is 0 Å². The molecule has 0 spiro atoms. The second kappa shape index (κ2) is 8.35. The number of aryl methyl sites for hydroxylation is 1. The molecule has 6 heteroatoms. The highest BCUT2D eigenvalue weighted by Crippen LogP contribution is 2.26. The molecule has 26 heavy (non-hydrogen) atoms. The molecule has 3 rings (SSSR count). The van der Waals surface area contributed by atoms with Crippen molar-refractivity contribution < 1.29 is 13.2 Å². The molecule has 1 aliphatic heterocycles. The summed E-state index contributed by atoms with van der Waals surface area (Å²) in [6.45, 7) is 2.91. The van der Waals surface area contributed by atoms with Crippen LogP contribution >= 0.6 is 0 Å². The first kappa shape index (κ1) is 19.1. The molecule has 1 heterocycles. The Balaban J connectivity index is 1.62. The Labute approximate surface area is 156 Å². The van der Waals surface area contributed by atoms with Gasteiger partial charge in [0.1, 0.15) is 6.04 Å². The van der Waals surface area contributed by atoms with Crippen LogP contribution in [0.3, 0.4) is 0 Å². The van der Waals surface area contributed by atoms with Gasteiger partial charge in [0, 0.05) is 13.1 Å². The van der Waals surface area contributed by atoms with Crippen molar-refractivity contribution >= 4 is 15.9 Å². The molecule has 1 aliphatic carbocycles. The Morgan fingerprint density at radius 2 is 1.96 bits per heavy atom. The molecule has 2 aliphatic rings. The van der Waals surface area contributed by atoms with E-state index in [1.54, 1.807) is 24.3 Å². The predicted molar refractivity (Wildman–Crippen MR) is 102 cm³/mol. The quantitative estimate of drug-likeness (QED) is 0.776. The summed E-state index contributed by atoms with van der Waals surface area (Å²) in [5.74, 6) is -0.172. The van der Waals surface area contributed by atoms with Gasteiger partial charge in [-0.25, -0.2) is 8.42 Å². The van der Waals surface area contributed by atoms with Gasteiger partial charge in [0.2, 0.25) is 15.9 Å². The first-order chi connectivity index (χ1) is 12.5. The van der Waals surface area contributed by atoms with Crippen LogP contribution in [-0.4, -0.2) is 37.8 Å². The number of rotatable bonds is 6. The Bertz CT molecular complexity index is 769. The smallest absolute Gasteiger partial charge is 0.243 e. The molecule has 1 atom stereocenters. The number of benzene rings is 1. The Morgan fingerprint density at radius 3 is 2.65 bits per heavy atom. The summed E-state index contributed by atoms with van der Waals surface area (Å²) in [7, 11) is -3.63. The van der Waals surface area contributed by atoms with E-state index < -0.39 is 16.1 Å². The minimum Gasteiger partial charge on any atom is -0.354 e. The first-order valence-electron chi connectivity index (χ1n) is 9.52. The van der Waals surface area contributed by atoms with Crippen molar-refractivity contribution in [1.82, 2.24) is 9.62 Å². The molecular formula is C20H28N2O3S. The van der Waals surface area contributed by atoms with Gasteiger partial charge in [-0.3, -0.25) is 4.79 Å². The van der Waals surface area contributed by atoms with E-state index in [9.17, 15) is 13.2 Å². The van der Waals surface area contributed by atoms with E-state index in [-0.39, 0.29) is 10.8 Å². The maximum Gasteiger partial charge on any atom is 0.243 e. The Morgan fingerprint density at radius 1 is 1.19 bits per heavy atom. The third-order valence-electron chi connectivity index (χ3n) is 5.26. The molecule has 0 bridgehead atoms. The standard InChI is InChI=1S/C20H28N2O3S/c1-16-9-11-18(12-10-16)26(24,25)22-15-5-8-19(22)20(23)21-14-13-17-6-3-2-4-7-17/h6,9-12,19H,2-5,7-8,13-15H2,1H3,(H,21,23)/t19-/m1/s1. The van der Waals surface area contributed by atoms with Gasteiger partial charge in [-0.05, 0) is 64.0 Å². The molecule has 0 radical (unpaired) electrons. The molecule has 1 aromatic rings. The molecule has 1 fully saturated rings. The molecular weight excluding hydrogens is 348 g/mol. The van der Waals surface area contributed by atoms with Gasteiger partial charge in [-0.2, -0.15) is 4.31 Å². The number of carbonyl (C=O) groups is 1. The van der Waals surface area contributed by atoms with Crippen molar-refractivity contribution in [3.8, 4) is 0 Å². The van der Waals surface area contributed by atoms with Crippen molar-refractivity contribution in [3.05, 3.63) is 41.5 Å². The van der Waals surface area contributed by atoms with Gasteiger partial charge in [-0.1, -0.05) is 29.3 Å². The molecule has 0 unspecified atom stereocenters. The second-order valence-electron chi connectivity index (χ2n) is 7.24. The lowest BCUT2D eigenvalue weighted by Crippen LogP contribution is -2.46. The van der Waals surface area contributed by atoms with Gasteiger partial charge < -0.3 is 5.32 Å². The van der Waals surface area contributed by atoms with E-state index in [1.165, 1.54) is 22.7 Å². The van der Waals surface area contributed by atoms with Crippen molar-refractivity contribution in [2.45, 2.75) is 62.8 Å². The van der Waals surface area contributed by atoms with E-state index in [0.29, 0.717) is 25.9 Å². The highest BCUT2D eigenvalue weighted by molar-refractivity contribution is 7.89. The number of hydrogen-bond acceptors (Lipinski definition) is 3. The average Bonchev–Trinajstić information content (AvgIpc) is 3.14. The molecule has 1 amide bonds. The Hall–Kier alpha value is -1.66. The minimum atomic E-state index is -3.63. The largest absolute Gasteiger partial charge is 0.354 e. The zero-order chi connectivity index (χ0) is 18.6. The van der Waals surface area contributed by atoms with Crippen LogP contribution in [0.25, 0.3) is 0 Å². The maximum absolute atomic E-state index is 12.9. The zero-order valence-corrected chi connectivity index (χ0v) is 16.2. The van der Waals surface area contributed by atoms with E-state index >= 15 is 0 Å². The molecule has 1 saturated heterocycles. The summed E-state index contributed by atoms with van der Waals surface area (Å²) in [6.07, 6.45) is 9.17. The Kier molecular flexibility index (Phi) is 6.14. The molecule has 0 aromatic heterocycles. The monoisotopic (exact) mass is 376 g/mol. The summed E-state index contributed by atoms with van der Waals surface area (Å²) in [5.41, 5.74) is 2.42. The summed E-state index contributed by atoms with van der Waals surface area (Å²) in [4.78, 5) is 12.9. The SMILES string of the molecule is Cc1ccc(S(=O)(=O)N2CCC[C@@H]2C(=O)NCCC2=CCCCC2)cc1. The van der Waals surface area contributed by atoms with Crippen molar-refractivity contribution in [3.63, 3.8) is 0 Å². The van der Waals surface area contributed by atoms with E-state index in [2.05, 4.69) is 11.4 Å². The van der Waals surface area contributed by atoms with Crippen molar-refractivity contribution in [2.75, 3.05) is 13.1 Å². The van der Waals surface area contributed by atoms with Crippen LogP contribution in [0.5, 0.6) is 0 Å². The molecule has 1 N–H and O–H groups in total. The number of amides is 1. The van der Waals surface area contributed by atoms with Crippen LogP contribution in [0.2, 0.25) is 0 Å². The topological polar surface area (TPSA) is 66.5 Å². The lowest BCUT2D eigenvalue weighted by atomic mass is 9.97. The molecule has 1 aromatic carbocycles. The molecule has 142 valence electrons. The van der Waals surface area contributed by atoms with Gasteiger partial charge in [0.05, 0.1) is 4.90 Å². The molecule has 5 nitrogen and oxygen atoms in total. The number of hydrogen-bond donors (Lipinski definition) is 1. The summed E-state index contributed by atoms with van der Waals surface area (Å²) >= 11 is 0. The van der Waals surface area contributed by atoms with E-state index in [1.807, 2.05) is 6.92 Å². The summed E-state index contributed by atoms with van der Waals surface area (Å²) in [6, 6.07) is 6.22. The predicted octanol–water partition coefficient (Wildman–Crippen LogP) is 3.15. The van der Waals surface area contributed by atoms with E-state index in [0.717, 1.165) is 24.8 Å². The number of sulfonamides is 1.